The molecule has 0 saturated heterocycles. The van der Waals surface area contributed by atoms with Crippen LogP contribution in [0.2, 0.25) is 0 Å². The molecule has 4 nitrogen and oxygen atoms in total. The summed E-state index contributed by atoms with van der Waals surface area (Å²) in [5.41, 5.74) is 0.753. The normalized spacial score (nSPS) is 13.4. The van der Waals surface area contributed by atoms with Crippen molar-refractivity contribution in [3.05, 3.63) is 42.0 Å². The number of nitrogens with zero attached hydrogens (tertiary/aromatic N) is 1. The van der Waals surface area contributed by atoms with Crippen LogP contribution in [0.3, 0.4) is 0 Å². The van der Waals surface area contributed by atoms with E-state index in [2.05, 4.69) is 6.58 Å². The lowest BCUT2D eigenvalue weighted by Gasteiger charge is -2.26. The van der Waals surface area contributed by atoms with Gasteiger partial charge in [0.2, 0.25) is 0 Å². The third-order valence-corrected chi connectivity index (χ3v) is 3.29. The van der Waals surface area contributed by atoms with Crippen LogP contribution >= 0.6 is 0 Å². The van der Waals surface area contributed by atoms with Gasteiger partial charge in [0.1, 0.15) is 13.2 Å². The quantitative estimate of drug-likeness (QED) is 0.744. The van der Waals surface area contributed by atoms with Crippen LogP contribution in [0.1, 0.15) is 12.5 Å². The SMILES string of the molecule is C=CCN(CC(F)(F)F)C(=O)C1=Cc2cccc(OCC)c2OC1. The number of fused-ring (bicyclic) bond motifs is 1. The molecule has 0 unspecified atom stereocenters. The summed E-state index contributed by atoms with van der Waals surface area (Å²) >= 11 is 0. The average Bonchev–Trinajstić information content (AvgIpc) is 2.52. The van der Waals surface area contributed by atoms with Gasteiger partial charge in [-0.15, -0.1) is 6.58 Å². The van der Waals surface area contributed by atoms with Crippen molar-refractivity contribution in [1.82, 2.24) is 4.90 Å². The minimum Gasteiger partial charge on any atom is -0.490 e. The average molecular weight is 341 g/mol. The molecule has 0 spiro atoms. The molecule has 1 amide bonds. The van der Waals surface area contributed by atoms with Crippen molar-refractivity contribution in [3.8, 4) is 11.5 Å². The van der Waals surface area contributed by atoms with Gasteiger partial charge in [-0.05, 0) is 19.1 Å². The highest BCUT2D eigenvalue weighted by atomic mass is 19.4. The lowest BCUT2D eigenvalue weighted by atomic mass is 10.1. The number of carbonyl (C=O) groups excluding carboxylic acids is 1. The zero-order valence-electron chi connectivity index (χ0n) is 13.2. The number of rotatable bonds is 6. The number of ether oxygens (including phenoxy) is 2. The van der Waals surface area contributed by atoms with Crippen LogP contribution < -0.4 is 9.47 Å². The summed E-state index contributed by atoms with van der Waals surface area (Å²) < 4.78 is 48.9. The van der Waals surface area contributed by atoms with E-state index in [1.165, 1.54) is 12.2 Å². The van der Waals surface area contributed by atoms with Crippen LogP contribution in [-0.2, 0) is 4.79 Å². The molecule has 0 fully saturated rings. The lowest BCUT2D eigenvalue weighted by Crippen LogP contribution is -2.40. The molecule has 1 heterocycles. The highest BCUT2D eigenvalue weighted by Crippen LogP contribution is 2.36. The Labute approximate surface area is 138 Å². The standard InChI is InChI=1S/C17H18F3NO3/c1-3-8-21(11-17(18,19)20)16(22)13-9-12-6-5-7-14(23-4-2)15(12)24-10-13/h3,5-7,9H,1,4,8,10-11H2,2H3. The fourth-order valence-corrected chi connectivity index (χ4v) is 2.37. The van der Waals surface area contributed by atoms with Crippen molar-refractivity contribution in [1.29, 1.82) is 0 Å². The number of amides is 1. The van der Waals surface area contributed by atoms with E-state index in [9.17, 15) is 18.0 Å². The molecule has 130 valence electrons. The van der Waals surface area contributed by atoms with Gasteiger partial charge in [0, 0.05) is 12.1 Å². The first kappa shape index (κ1) is 17.9. The molecule has 2 rings (SSSR count). The van der Waals surface area contributed by atoms with Crippen molar-refractivity contribution in [2.24, 2.45) is 0 Å². The Hall–Kier alpha value is -2.44. The number of benzene rings is 1. The van der Waals surface area contributed by atoms with Gasteiger partial charge in [0.25, 0.3) is 5.91 Å². The van der Waals surface area contributed by atoms with Gasteiger partial charge in [-0.2, -0.15) is 13.2 Å². The van der Waals surface area contributed by atoms with Crippen LogP contribution in [0.25, 0.3) is 6.08 Å². The Balaban J connectivity index is 2.27. The first-order chi connectivity index (χ1) is 11.4. The van der Waals surface area contributed by atoms with E-state index >= 15 is 0 Å². The topological polar surface area (TPSA) is 38.8 Å². The Morgan fingerprint density at radius 3 is 2.83 bits per heavy atom. The van der Waals surface area contributed by atoms with Crippen molar-refractivity contribution in [2.75, 3.05) is 26.3 Å². The second-order valence-electron chi connectivity index (χ2n) is 5.16. The predicted octanol–water partition coefficient (Wildman–Crippen LogP) is 3.44. The summed E-state index contributed by atoms with van der Waals surface area (Å²) in [4.78, 5) is 13.1. The number of hydrogen-bond donors (Lipinski definition) is 0. The van der Waals surface area contributed by atoms with E-state index in [-0.39, 0.29) is 18.7 Å². The smallest absolute Gasteiger partial charge is 0.406 e. The van der Waals surface area contributed by atoms with Crippen LogP contribution in [0.4, 0.5) is 13.2 Å². The lowest BCUT2D eigenvalue weighted by molar-refractivity contribution is -0.157. The highest BCUT2D eigenvalue weighted by molar-refractivity contribution is 5.99. The van der Waals surface area contributed by atoms with Crippen LogP contribution in [-0.4, -0.2) is 43.3 Å². The number of para-hydroxylation sites is 1. The van der Waals surface area contributed by atoms with E-state index < -0.39 is 18.6 Å². The molecule has 0 radical (unpaired) electrons. The van der Waals surface area contributed by atoms with Crippen molar-refractivity contribution in [2.45, 2.75) is 13.1 Å². The molecule has 1 aromatic rings. The van der Waals surface area contributed by atoms with E-state index in [1.807, 2.05) is 6.92 Å². The van der Waals surface area contributed by atoms with Gasteiger partial charge in [0.15, 0.2) is 11.5 Å². The van der Waals surface area contributed by atoms with E-state index in [4.69, 9.17) is 9.47 Å². The zero-order valence-corrected chi connectivity index (χ0v) is 13.2. The third kappa shape index (κ3) is 4.31. The molecule has 0 aliphatic carbocycles. The summed E-state index contributed by atoms with van der Waals surface area (Å²) in [6, 6.07) is 5.18. The molecule has 0 atom stereocenters. The molecule has 24 heavy (non-hydrogen) atoms. The van der Waals surface area contributed by atoms with Gasteiger partial charge in [0.05, 0.1) is 12.2 Å². The first-order valence-electron chi connectivity index (χ1n) is 7.41. The second-order valence-corrected chi connectivity index (χ2v) is 5.16. The summed E-state index contributed by atoms with van der Waals surface area (Å²) in [7, 11) is 0. The minimum absolute atomic E-state index is 0.110. The molecular weight excluding hydrogens is 323 g/mol. The van der Waals surface area contributed by atoms with Gasteiger partial charge >= 0.3 is 6.18 Å². The monoisotopic (exact) mass is 341 g/mol. The molecule has 1 aliphatic rings. The maximum atomic E-state index is 12.6. The maximum absolute atomic E-state index is 12.6. The first-order valence-corrected chi connectivity index (χ1v) is 7.41. The van der Waals surface area contributed by atoms with Crippen LogP contribution in [0.15, 0.2) is 36.4 Å². The number of alkyl halides is 3. The summed E-state index contributed by atoms with van der Waals surface area (Å²) in [5, 5.41) is 0. The van der Waals surface area contributed by atoms with Crippen LogP contribution in [0, 0.1) is 0 Å². The van der Waals surface area contributed by atoms with Crippen LogP contribution in [0.5, 0.6) is 11.5 Å². The number of hydrogen-bond acceptors (Lipinski definition) is 3. The third-order valence-electron chi connectivity index (χ3n) is 3.29. The van der Waals surface area contributed by atoms with Gasteiger partial charge in [-0.25, -0.2) is 0 Å². The van der Waals surface area contributed by atoms with Crippen molar-refractivity contribution >= 4 is 12.0 Å². The Morgan fingerprint density at radius 2 is 2.21 bits per heavy atom. The zero-order chi connectivity index (χ0) is 17.7. The maximum Gasteiger partial charge on any atom is 0.406 e. The van der Waals surface area contributed by atoms with Gasteiger partial charge < -0.3 is 14.4 Å². The molecule has 0 saturated carbocycles. The molecule has 0 bridgehead atoms. The van der Waals surface area contributed by atoms with E-state index in [0.29, 0.717) is 28.6 Å². The highest BCUT2D eigenvalue weighted by Gasteiger charge is 2.34. The molecule has 0 N–H and O–H groups in total. The molecule has 7 heteroatoms. The van der Waals surface area contributed by atoms with Crippen molar-refractivity contribution < 1.29 is 27.4 Å². The summed E-state index contributed by atoms with van der Waals surface area (Å²) in [6.45, 7) is 4.05. The largest absolute Gasteiger partial charge is 0.490 e. The Kier molecular flexibility index (Phi) is 5.54. The molecule has 1 aliphatic heterocycles. The second kappa shape index (κ2) is 7.42. The molecular formula is C17H18F3NO3. The van der Waals surface area contributed by atoms with E-state index in [0.717, 1.165) is 0 Å². The molecule has 0 aromatic heterocycles. The summed E-state index contributed by atoms with van der Waals surface area (Å²) in [6.07, 6.45) is -1.68. The molecule has 1 aromatic carbocycles. The number of carbonyl (C=O) groups is 1. The predicted molar refractivity (Wildman–Crippen MR) is 83.9 cm³/mol. The fraction of sp³-hybridized carbons (Fsp3) is 0.353. The Bertz CT molecular complexity index is 653. The fourth-order valence-electron chi connectivity index (χ4n) is 2.37. The van der Waals surface area contributed by atoms with Gasteiger partial charge in [-0.1, -0.05) is 18.2 Å². The van der Waals surface area contributed by atoms with E-state index in [1.54, 1.807) is 18.2 Å². The minimum atomic E-state index is -4.48. The summed E-state index contributed by atoms with van der Waals surface area (Å²) in [5.74, 6) is 0.303. The van der Waals surface area contributed by atoms with Gasteiger partial charge in [-0.3, -0.25) is 4.79 Å². The Morgan fingerprint density at radius 1 is 1.46 bits per heavy atom. The van der Waals surface area contributed by atoms with Crippen molar-refractivity contribution in [3.63, 3.8) is 0 Å². The number of halogens is 3.